The molecular weight excluding hydrogens is 522 g/mol. The Balaban J connectivity index is 2.03. The number of rotatable bonds is 13. The van der Waals surface area contributed by atoms with Gasteiger partial charge in [-0.3, -0.25) is 13.9 Å². The maximum atomic E-state index is 14.1. The van der Waals surface area contributed by atoms with Crippen molar-refractivity contribution in [1.82, 2.24) is 10.2 Å². The second-order valence-electron chi connectivity index (χ2n) is 10.4. The fourth-order valence-corrected chi connectivity index (χ4v) is 5.81. The third kappa shape index (κ3) is 7.94. The first kappa shape index (κ1) is 30.9. The molecule has 0 bridgehead atoms. The van der Waals surface area contributed by atoms with Crippen LogP contribution in [-0.2, 0) is 32.6 Å². The molecule has 1 atom stereocenters. The number of sulfonamides is 1. The number of nitrogens with zero attached hydrogens (tertiary/aromatic N) is 2. The Hall–Kier alpha value is -3.65. The molecule has 0 aliphatic heterocycles. The first-order valence-corrected chi connectivity index (χ1v) is 15.3. The molecule has 3 aromatic rings. The van der Waals surface area contributed by atoms with Crippen LogP contribution in [0.1, 0.15) is 50.8 Å². The van der Waals surface area contributed by atoms with Crippen LogP contribution in [0.5, 0.6) is 0 Å². The molecule has 1 N–H and O–H groups in total. The van der Waals surface area contributed by atoms with Gasteiger partial charge in [0.2, 0.25) is 11.8 Å². The van der Waals surface area contributed by atoms with E-state index in [4.69, 9.17) is 0 Å². The van der Waals surface area contributed by atoms with E-state index in [9.17, 15) is 18.0 Å². The van der Waals surface area contributed by atoms with E-state index in [0.29, 0.717) is 18.7 Å². The van der Waals surface area contributed by atoms with E-state index >= 15 is 0 Å². The Bertz CT molecular complexity index is 1360. The van der Waals surface area contributed by atoms with Gasteiger partial charge in [0.15, 0.2) is 0 Å². The van der Waals surface area contributed by atoms with Gasteiger partial charge in [0.25, 0.3) is 10.0 Å². The van der Waals surface area contributed by atoms with E-state index < -0.39 is 28.5 Å². The second kappa shape index (κ2) is 14.1. The van der Waals surface area contributed by atoms with Gasteiger partial charge in [-0.15, -0.1) is 0 Å². The predicted octanol–water partition coefficient (Wildman–Crippen LogP) is 5.33. The van der Waals surface area contributed by atoms with Crippen LogP contribution in [0.25, 0.3) is 0 Å². The summed E-state index contributed by atoms with van der Waals surface area (Å²) in [5, 5.41) is 2.95. The van der Waals surface area contributed by atoms with Crippen LogP contribution in [0.15, 0.2) is 83.8 Å². The number of hydrogen-bond acceptors (Lipinski definition) is 4. The van der Waals surface area contributed by atoms with Crippen molar-refractivity contribution >= 4 is 27.5 Å². The third-order valence-electron chi connectivity index (χ3n) is 6.79. The maximum Gasteiger partial charge on any atom is 0.264 e. The zero-order valence-electron chi connectivity index (χ0n) is 24.1. The molecule has 0 radical (unpaired) electrons. The number of anilines is 1. The Morgan fingerprint density at radius 2 is 1.45 bits per heavy atom. The fraction of sp³-hybridized carbons (Fsp3) is 0.375. The maximum absolute atomic E-state index is 14.1. The Morgan fingerprint density at radius 1 is 0.850 bits per heavy atom. The first-order valence-electron chi connectivity index (χ1n) is 13.9. The smallest absolute Gasteiger partial charge is 0.264 e. The van der Waals surface area contributed by atoms with Crippen LogP contribution >= 0.6 is 0 Å². The van der Waals surface area contributed by atoms with Crippen molar-refractivity contribution < 1.29 is 18.0 Å². The lowest BCUT2D eigenvalue weighted by molar-refractivity contribution is -0.140. The van der Waals surface area contributed by atoms with E-state index in [0.717, 1.165) is 27.4 Å². The molecule has 40 heavy (non-hydrogen) atoms. The quantitative estimate of drug-likeness (QED) is 0.305. The molecular formula is C32H41N3O4S. The summed E-state index contributed by atoms with van der Waals surface area (Å²) in [5.74, 6) is -0.451. The number of hydrogen-bond donors (Lipinski definition) is 1. The number of carbonyl (C=O) groups excluding carboxylic acids is 2. The largest absolute Gasteiger partial charge is 0.354 e. The minimum Gasteiger partial charge on any atom is -0.354 e. The minimum atomic E-state index is -4.07. The van der Waals surface area contributed by atoms with Crippen LogP contribution in [0.4, 0.5) is 5.69 Å². The van der Waals surface area contributed by atoms with Crippen LogP contribution in [0.2, 0.25) is 0 Å². The van der Waals surface area contributed by atoms with Gasteiger partial charge in [0.1, 0.15) is 12.6 Å². The van der Waals surface area contributed by atoms with Crippen LogP contribution in [0.3, 0.4) is 0 Å². The number of carbonyl (C=O) groups is 2. The second-order valence-corrected chi connectivity index (χ2v) is 12.3. The molecule has 0 heterocycles. The minimum absolute atomic E-state index is 0.0918. The monoisotopic (exact) mass is 563 g/mol. The molecule has 0 saturated heterocycles. The highest BCUT2D eigenvalue weighted by molar-refractivity contribution is 7.92. The summed E-state index contributed by atoms with van der Waals surface area (Å²) < 4.78 is 28.9. The lowest BCUT2D eigenvalue weighted by Crippen LogP contribution is -2.52. The Morgan fingerprint density at radius 3 is 2.00 bits per heavy atom. The summed E-state index contributed by atoms with van der Waals surface area (Å²) in [4.78, 5) is 29.0. The Kier molecular flexibility index (Phi) is 10.9. The average molecular weight is 564 g/mol. The van der Waals surface area contributed by atoms with Crippen molar-refractivity contribution in [1.29, 1.82) is 0 Å². The van der Waals surface area contributed by atoms with Crippen molar-refractivity contribution in [3.05, 3.63) is 95.6 Å². The fourth-order valence-electron chi connectivity index (χ4n) is 4.38. The molecule has 7 nitrogen and oxygen atoms in total. The van der Waals surface area contributed by atoms with Crippen molar-refractivity contribution in [2.24, 2.45) is 5.92 Å². The van der Waals surface area contributed by atoms with Gasteiger partial charge in [-0.1, -0.05) is 87.9 Å². The molecule has 0 saturated carbocycles. The Labute approximate surface area is 239 Å². The van der Waals surface area contributed by atoms with Crippen molar-refractivity contribution in [2.75, 3.05) is 17.4 Å². The van der Waals surface area contributed by atoms with E-state index in [1.54, 1.807) is 30.3 Å². The molecule has 3 aromatic carbocycles. The zero-order chi connectivity index (χ0) is 29.3. The summed E-state index contributed by atoms with van der Waals surface area (Å²) in [7, 11) is -4.07. The average Bonchev–Trinajstić information content (AvgIpc) is 2.96. The molecule has 8 heteroatoms. The number of benzene rings is 3. The number of aryl methyl sites for hydroxylation is 2. The lowest BCUT2D eigenvalue weighted by atomic mass is 10.1. The molecule has 0 aliphatic rings. The zero-order valence-corrected chi connectivity index (χ0v) is 24.9. The van der Waals surface area contributed by atoms with Crippen molar-refractivity contribution in [2.45, 2.75) is 64.9 Å². The molecule has 2 amide bonds. The van der Waals surface area contributed by atoms with Gasteiger partial charge in [0.05, 0.1) is 10.6 Å². The molecule has 0 aromatic heterocycles. The predicted molar refractivity (Wildman–Crippen MR) is 160 cm³/mol. The van der Waals surface area contributed by atoms with Crippen LogP contribution in [-0.4, -0.2) is 44.3 Å². The standard InChI is InChI=1S/C32H41N3O4S/c1-6-26-17-19-28(20-18-26)35(40(38,39)29-11-9-8-10-12-29)23-31(36)34(22-27-15-13-25(5)14-16-27)30(7-2)32(37)33-21-24(3)4/h8-20,24,30H,6-7,21-23H2,1-5H3,(H,33,37)/t30-/m1/s1. The normalized spacial score (nSPS) is 12.2. The topological polar surface area (TPSA) is 86.8 Å². The summed E-state index contributed by atoms with van der Waals surface area (Å²) in [6.45, 7) is 10.1. The molecule has 214 valence electrons. The number of nitrogens with one attached hydrogen (secondary N) is 1. The van der Waals surface area contributed by atoms with Crippen LogP contribution in [0, 0.1) is 12.8 Å². The van der Waals surface area contributed by atoms with Gasteiger partial charge in [0, 0.05) is 13.1 Å². The van der Waals surface area contributed by atoms with Gasteiger partial charge >= 0.3 is 0 Å². The summed E-state index contributed by atoms with van der Waals surface area (Å²) in [6, 6.07) is 22.3. The number of amides is 2. The van der Waals surface area contributed by atoms with E-state index in [2.05, 4.69) is 5.32 Å². The van der Waals surface area contributed by atoms with Crippen molar-refractivity contribution in [3.8, 4) is 0 Å². The van der Waals surface area contributed by atoms with Gasteiger partial charge in [-0.25, -0.2) is 8.42 Å². The SMILES string of the molecule is CCc1ccc(N(CC(=O)N(Cc2ccc(C)cc2)[C@H](CC)C(=O)NCC(C)C)S(=O)(=O)c2ccccc2)cc1. The highest BCUT2D eigenvalue weighted by Gasteiger charge is 2.33. The highest BCUT2D eigenvalue weighted by atomic mass is 32.2. The van der Waals surface area contributed by atoms with E-state index in [-0.39, 0.29) is 23.3 Å². The summed E-state index contributed by atoms with van der Waals surface area (Å²) in [6.07, 6.45) is 1.19. The lowest BCUT2D eigenvalue weighted by Gasteiger charge is -2.33. The highest BCUT2D eigenvalue weighted by Crippen LogP contribution is 2.25. The summed E-state index contributed by atoms with van der Waals surface area (Å²) >= 11 is 0. The summed E-state index contributed by atoms with van der Waals surface area (Å²) in [5.41, 5.74) is 3.39. The van der Waals surface area contributed by atoms with Gasteiger partial charge in [-0.05, 0) is 61.1 Å². The van der Waals surface area contributed by atoms with E-state index in [1.165, 1.54) is 17.0 Å². The molecule has 0 unspecified atom stereocenters. The molecule has 0 spiro atoms. The van der Waals surface area contributed by atoms with Crippen molar-refractivity contribution in [3.63, 3.8) is 0 Å². The van der Waals surface area contributed by atoms with Crippen LogP contribution < -0.4 is 9.62 Å². The third-order valence-corrected chi connectivity index (χ3v) is 8.57. The molecule has 0 fully saturated rings. The van der Waals surface area contributed by atoms with Gasteiger partial charge in [-0.2, -0.15) is 0 Å². The first-order chi connectivity index (χ1) is 19.1. The van der Waals surface area contributed by atoms with Gasteiger partial charge < -0.3 is 10.2 Å². The molecule has 0 aliphatic carbocycles. The van der Waals surface area contributed by atoms with E-state index in [1.807, 2.05) is 71.0 Å². The molecule has 3 rings (SSSR count).